The average molecular weight is 374 g/mol. The van der Waals surface area contributed by atoms with Crippen molar-refractivity contribution in [1.82, 2.24) is 9.97 Å². The quantitative estimate of drug-likeness (QED) is 0.831. The first-order chi connectivity index (χ1) is 10.8. The maximum Gasteiger partial charge on any atom is 0.275 e. The first kappa shape index (κ1) is 17.7. The molecule has 0 radical (unpaired) electrons. The molecule has 122 valence electrons. The Morgan fingerprint density at radius 3 is 2.61 bits per heavy atom. The van der Waals surface area contributed by atoms with E-state index in [0.29, 0.717) is 16.3 Å². The first-order valence-electron chi connectivity index (χ1n) is 6.58. The largest absolute Gasteiger partial charge is 0.320 e. The molecule has 1 heterocycles. The molecule has 1 amide bonds. The molecule has 6 nitrogen and oxygen atoms in total. The summed E-state index contributed by atoms with van der Waals surface area (Å²) < 4.78 is 23.7. The van der Waals surface area contributed by atoms with Crippen LogP contribution in [0.4, 0.5) is 5.69 Å². The lowest BCUT2D eigenvalue weighted by Gasteiger charge is -2.10. The van der Waals surface area contributed by atoms with E-state index in [2.05, 4.69) is 15.3 Å². The number of halogens is 2. The molecule has 23 heavy (non-hydrogen) atoms. The van der Waals surface area contributed by atoms with Gasteiger partial charge in [-0.1, -0.05) is 36.2 Å². The van der Waals surface area contributed by atoms with Crippen LogP contribution in [0, 0.1) is 6.92 Å². The second-order valence-corrected chi connectivity index (χ2v) is 7.61. The fraction of sp³-hybridized carbons (Fsp3) is 0.214. The number of sulfone groups is 1. The normalized spacial score (nSPS) is 11.3. The van der Waals surface area contributed by atoms with Gasteiger partial charge in [-0.2, -0.15) is 0 Å². The Morgan fingerprint density at radius 1 is 1.26 bits per heavy atom. The van der Waals surface area contributed by atoms with Crippen LogP contribution in [0.15, 0.2) is 29.6 Å². The second kappa shape index (κ2) is 6.82. The molecular formula is C14H13Cl2N3O3S. The smallest absolute Gasteiger partial charge is 0.275 e. The molecule has 0 aliphatic carbocycles. The maximum absolute atomic E-state index is 12.3. The summed E-state index contributed by atoms with van der Waals surface area (Å²) in [4.78, 5) is 19.8. The van der Waals surface area contributed by atoms with Crippen molar-refractivity contribution < 1.29 is 13.2 Å². The van der Waals surface area contributed by atoms with Gasteiger partial charge >= 0.3 is 0 Å². The van der Waals surface area contributed by atoms with Gasteiger partial charge in [-0.05, 0) is 24.6 Å². The van der Waals surface area contributed by atoms with Crippen LogP contribution in [0.5, 0.6) is 0 Å². The fourth-order valence-corrected chi connectivity index (χ4v) is 2.77. The van der Waals surface area contributed by atoms with Crippen LogP contribution in [-0.4, -0.2) is 30.0 Å². The molecule has 0 unspecified atom stereocenters. The van der Waals surface area contributed by atoms with Gasteiger partial charge in [-0.25, -0.2) is 18.4 Å². The lowest BCUT2D eigenvalue weighted by molar-refractivity contribution is 0.102. The highest BCUT2D eigenvalue weighted by Crippen LogP contribution is 2.24. The molecule has 1 N–H and O–H groups in total. The molecule has 0 aliphatic rings. The van der Waals surface area contributed by atoms with E-state index in [0.717, 1.165) is 6.20 Å². The number of rotatable bonds is 4. The molecule has 2 aromatic rings. The number of benzene rings is 1. The standard InChI is InChI=1S/C14H13Cl2N3O3S/c1-3-23(21,22)14-17-7-10(16)12(19-14)13(20)18-11-6-4-5-9(15)8(11)2/h4-7H,3H2,1-2H3,(H,18,20). The molecule has 0 aliphatic heterocycles. The van der Waals surface area contributed by atoms with Crippen molar-refractivity contribution >= 4 is 44.6 Å². The maximum atomic E-state index is 12.3. The Morgan fingerprint density at radius 2 is 1.96 bits per heavy atom. The highest BCUT2D eigenvalue weighted by molar-refractivity contribution is 7.91. The Hall–Kier alpha value is -1.70. The van der Waals surface area contributed by atoms with Crippen molar-refractivity contribution in [3.8, 4) is 0 Å². The zero-order chi connectivity index (χ0) is 17.2. The molecule has 0 bridgehead atoms. The van der Waals surface area contributed by atoms with Gasteiger partial charge in [0.1, 0.15) is 0 Å². The van der Waals surface area contributed by atoms with E-state index in [4.69, 9.17) is 23.2 Å². The molecule has 2 rings (SSSR count). The summed E-state index contributed by atoms with van der Waals surface area (Å²) in [5, 5.41) is 2.63. The number of amides is 1. The summed E-state index contributed by atoms with van der Waals surface area (Å²) >= 11 is 11.9. The number of nitrogens with zero attached hydrogens (tertiary/aromatic N) is 2. The van der Waals surface area contributed by atoms with Crippen molar-refractivity contribution in [1.29, 1.82) is 0 Å². The third-order valence-corrected chi connectivity index (χ3v) is 5.31. The zero-order valence-corrected chi connectivity index (χ0v) is 14.6. The van der Waals surface area contributed by atoms with E-state index < -0.39 is 20.9 Å². The number of carbonyl (C=O) groups excluding carboxylic acids is 1. The Balaban J connectivity index is 2.40. The molecule has 0 saturated carbocycles. The van der Waals surface area contributed by atoms with Crippen molar-refractivity contribution in [2.24, 2.45) is 0 Å². The van der Waals surface area contributed by atoms with Crippen LogP contribution in [0.25, 0.3) is 0 Å². The molecule has 0 atom stereocenters. The fourth-order valence-electron chi connectivity index (χ4n) is 1.71. The van der Waals surface area contributed by atoms with E-state index in [1.807, 2.05) is 0 Å². The number of hydrogen-bond donors (Lipinski definition) is 1. The highest BCUT2D eigenvalue weighted by Gasteiger charge is 2.21. The van der Waals surface area contributed by atoms with Gasteiger partial charge in [0.15, 0.2) is 5.69 Å². The molecule has 0 saturated heterocycles. The summed E-state index contributed by atoms with van der Waals surface area (Å²) in [6.45, 7) is 3.20. The van der Waals surface area contributed by atoms with Gasteiger partial charge in [0.25, 0.3) is 5.91 Å². The predicted molar refractivity (Wildman–Crippen MR) is 88.9 cm³/mol. The minimum absolute atomic E-state index is 0.0442. The molecule has 1 aromatic carbocycles. The topological polar surface area (TPSA) is 89.0 Å². The molecule has 0 fully saturated rings. The van der Waals surface area contributed by atoms with Gasteiger partial charge < -0.3 is 5.32 Å². The second-order valence-electron chi connectivity index (χ2n) is 4.62. The predicted octanol–water partition coefficient (Wildman–Crippen LogP) is 3.14. The lowest BCUT2D eigenvalue weighted by Crippen LogP contribution is -2.18. The summed E-state index contributed by atoms with van der Waals surface area (Å²) in [6.07, 6.45) is 1.09. The summed E-state index contributed by atoms with van der Waals surface area (Å²) in [6, 6.07) is 5.04. The van der Waals surface area contributed by atoms with E-state index in [9.17, 15) is 13.2 Å². The third kappa shape index (κ3) is 3.80. The third-order valence-electron chi connectivity index (χ3n) is 3.11. The van der Waals surface area contributed by atoms with Crippen LogP contribution in [-0.2, 0) is 9.84 Å². The number of hydrogen-bond acceptors (Lipinski definition) is 5. The van der Waals surface area contributed by atoms with Crippen LogP contribution < -0.4 is 5.32 Å². The minimum Gasteiger partial charge on any atom is -0.320 e. The summed E-state index contributed by atoms with van der Waals surface area (Å²) in [7, 11) is -3.64. The Kier molecular flexibility index (Phi) is 5.23. The van der Waals surface area contributed by atoms with Gasteiger partial charge in [-0.15, -0.1) is 0 Å². The minimum atomic E-state index is -3.64. The SMILES string of the molecule is CCS(=O)(=O)c1ncc(Cl)c(C(=O)Nc2cccc(Cl)c2C)n1. The zero-order valence-electron chi connectivity index (χ0n) is 12.3. The summed E-state index contributed by atoms with van der Waals surface area (Å²) in [5.74, 6) is -0.821. The van der Waals surface area contributed by atoms with Crippen molar-refractivity contribution in [2.75, 3.05) is 11.1 Å². The average Bonchev–Trinajstić information content (AvgIpc) is 2.52. The van der Waals surface area contributed by atoms with Crippen LogP contribution in [0.3, 0.4) is 0 Å². The van der Waals surface area contributed by atoms with Gasteiger partial charge in [0.05, 0.1) is 17.0 Å². The van der Waals surface area contributed by atoms with Gasteiger partial charge in [0, 0.05) is 10.7 Å². The molecular weight excluding hydrogens is 361 g/mol. The molecule has 0 spiro atoms. The van der Waals surface area contributed by atoms with E-state index in [-0.39, 0.29) is 16.5 Å². The van der Waals surface area contributed by atoms with Crippen LogP contribution in [0.1, 0.15) is 23.0 Å². The van der Waals surface area contributed by atoms with Crippen LogP contribution >= 0.6 is 23.2 Å². The van der Waals surface area contributed by atoms with E-state index >= 15 is 0 Å². The molecule has 1 aromatic heterocycles. The Labute approximate surface area is 143 Å². The van der Waals surface area contributed by atoms with Crippen molar-refractivity contribution in [2.45, 2.75) is 19.0 Å². The van der Waals surface area contributed by atoms with Crippen LogP contribution in [0.2, 0.25) is 10.0 Å². The number of aromatic nitrogens is 2. The molecule has 9 heteroatoms. The summed E-state index contributed by atoms with van der Waals surface area (Å²) in [5.41, 5.74) is 0.944. The number of carbonyl (C=O) groups is 1. The van der Waals surface area contributed by atoms with Crippen molar-refractivity contribution in [3.63, 3.8) is 0 Å². The van der Waals surface area contributed by atoms with Gasteiger partial charge in [0.2, 0.25) is 15.0 Å². The number of anilines is 1. The number of nitrogens with one attached hydrogen (secondary N) is 1. The van der Waals surface area contributed by atoms with E-state index in [1.54, 1.807) is 25.1 Å². The monoisotopic (exact) mass is 373 g/mol. The van der Waals surface area contributed by atoms with E-state index in [1.165, 1.54) is 6.92 Å². The first-order valence-corrected chi connectivity index (χ1v) is 8.99. The van der Waals surface area contributed by atoms with Crippen molar-refractivity contribution in [3.05, 3.63) is 45.7 Å². The van der Waals surface area contributed by atoms with Gasteiger partial charge in [-0.3, -0.25) is 4.79 Å². The Bertz CT molecular complexity index is 870. The highest BCUT2D eigenvalue weighted by atomic mass is 35.5. The lowest BCUT2D eigenvalue weighted by atomic mass is 10.2.